The summed E-state index contributed by atoms with van der Waals surface area (Å²) in [6.07, 6.45) is 36.2. The number of esters is 2. The minimum absolute atomic E-state index is 0.203. The molecule has 2 unspecified atom stereocenters. The molecule has 1 saturated heterocycles. The molecular weight excluding hydrogens is 700 g/mol. The van der Waals surface area contributed by atoms with Crippen LogP contribution < -0.4 is 0 Å². The van der Waals surface area contributed by atoms with Crippen LogP contribution in [0.2, 0.25) is 0 Å². The summed E-state index contributed by atoms with van der Waals surface area (Å²) >= 11 is 0. The van der Waals surface area contributed by atoms with Crippen LogP contribution in [0.15, 0.2) is 72.9 Å². The Balaban J connectivity index is 2.40. The lowest BCUT2D eigenvalue weighted by atomic mass is 9.99. The first kappa shape index (κ1) is 50.2. The highest BCUT2D eigenvalue weighted by Crippen LogP contribution is 2.22. The summed E-state index contributed by atoms with van der Waals surface area (Å²) in [5.41, 5.74) is 0. The van der Waals surface area contributed by atoms with Crippen molar-refractivity contribution in [2.45, 2.75) is 179 Å². The second-order valence-electron chi connectivity index (χ2n) is 14.2. The van der Waals surface area contributed by atoms with Crippen LogP contribution in [0, 0.1) is 0 Å². The molecule has 0 aromatic rings. The highest BCUT2D eigenvalue weighted by atomic mass is 16.7. The number of ether oxygens (including phenoxy) is 4. The maximum absolute atomic E-state index is 12.7. The molecule has 0 aliphatic carbocycles. The number of allylic oxidation sites excluding steroid dienone is 12. The third-order valence-corrected chi connectivity index (χ3v) is 9.20. The Kier molecular flexibility index (Phi) is 32.4. The normalized spacial score (nSPS) is 21.3. The fourth-order valence-corrected chi connectivity index (χ4v) is 5.83. The molecule has 0 saturated carbocycles. The second kappa shape index (κ2) is 35.5. The van der Waals surface area contributed by atoms with E-state index in [1.54, 1.807) is 0 Å². The molecule has 55 heavy (non-hydrogen) atoms. The van der Waals surface area contributed by atoms with Crippen molar-refractivity contribution < 1.29 is 49.0 Å². The zero-order valence-electron chi connectivity index (χ0n) is 33.9. The maximum Gasteiger partial charge on any atom is 0.306 e. The predicted molar refractivity (Wildman–Crippen MR) is 219 cm³/mol. The van der Waals surface area contributed by atoms with E-state index in [0.29, 0.717) is 12.8 Å². The van der Waals surface area contributed by atoms with Crippen LogP contribution in [-0.2, 0) is 28.5 Å². The number of carbonyl (C=O) groups excluding carboxylic acids is 2. The summed E-state index contributed by atoms with van der Waals surface area (Å²) in [4.78, 5) is 25.3. The van der Waals surface area contributed by atoms with E-state index in [1.165, 1.54) is 25.7 Å². The van der Waals surface area contributed by atoms with Gasteiger partial charge in [-0.3, -0.25) is 9.59 Å². The first-order valence-corrected chi connectivity index (χ1v) is 21.1. The SMILES string of the molecule is CC/C=C/C=C/C=C/C=C/CCCCCCCC(=O)OC[C@@H](CO[C@H]1O[C@@H](CO)[C@@H](O)C(O)C1O)OC(=O)CCCCCCC/C=C/C=C/CCCCCC. The average Bonchev–Trinajstić information content (AvgIpc) is 3.18. The van der Waals surface area contributed by atoms with Crippen molar-refractivity contribution in [1.29, 1.82) is 0 Å². The topological polar surface area (TPSA) is 152 Å². The summed E-state index contributed by atoms with van der Waals surface area (Å²) < 4.78 is 22.1. The lowest BCUT2D eigenvalue weighted by Gasteiger charge is -2.39. The smallest absolute Gasteiger partial charge is 0.306 e. The molecule has 0 bridgehead atoms. The number of aliphatic hydroxyl groups excluding tert-OH is 4. The van der Waals surface area contributed by atoms with Crippen molar-refractivity contribution in [2.24, 2.45) is 0 Å². The molecule has 6 atom stereocenters. The Bertz CT molecular complexity index is 1120. The van der Waals surface area contributed by atoms with E-state index < -0.39 is 55.4 Å². The van der Waals surface area contributed by atoms with Gasteiger partial charge < -0.3 is 39.4 Å². The van der Waals surface area contributed by atoms with Gasteiger partial charge in [0, 0.05) is 12.8 Å². The van der Waals surface area contributed by atoms with Crippen LogP contribution >= 0.6 is 0 Å². The Morgan fingerprint density at radius 3 is 1.64 bits per heavy atom. The molecule has 1 fully saturated rings. The third-order valence-electron chi connectivity index (χ3n) is 9.20. The molecule has 4 N–H and O–H groups in total. The molecule has 10 heteroatoms. The van der Waals surface area contributed by atoms with Crippen molar-refractivity contribution in [2.75, 3.05) is 19.8 Å². The second-order valence-corrected chi connectivity index (χ2v) is 14.2. The minimum atomic E-state index is -1.60. The van der Waals surface area contributed by atoms with Crippen LogP contribution in [0.4, 0.5) is 0 Å². The number of rotatable bonds is 33. The number of carbonyl (C=O) groups is 2. The molecule has 0 aromatic carbocycles. The lowest BCUT2D eigenvalue weighted by molar-refractivity contribution is -0.305. The van der Waals surface area contributed by atoms with Gasteiger partial charge in [-0.05, 0) is 57.8 Å². The summed E-state index contributed by atoms with van der Waals surface area (Å²) in [7, 11) is 0. The van der Waals surface area contributed by atoms with E-state index >= 15 is 0 Å². The van der Waals surface area contributed by atoms with Gasteiger partial charge in [0.25, 0.3) is 0 Å². The monoisotopic (exact) mass is 775 g/mol. The molecule has 1 rings (SSSR count). The first-order chi connectivity index (χ1) is 26.8. The summed E-state index contributed by atoms with van der Waals surface area (Å²) in [6, 6.07) is 0. The van der Waals surface area contributed by atoms with E-state index in [2.05, 4.69) is 56.4 Å². The number of unbranched alkanes of at least 4 members (excludes halogenated alkanes) is 14. The Morgan fingerprint density at radius 1 is 0.582 bits per heavy atom. The molecule has 0 spiro atoms. The minimum Gasteiger partial charge on any atom is -0.462 e. The zero-order chi connectivity index (χ0) is 40.2. The predicted octanol–water partition coefficient (Wildman–Crippen LogP) is 8.44. The van der Waals surface area contributed by atoms with E-state index in [-0.39, 0.29) is 26.1 Å². The van der Waals surface area contributed by atoms with Crippen LogP contribution in [0.3, 0.4) is 0 Å². The van der Waals surface area contributed by atoms with Gasteiger partial charge in [-0.25, -0.2) is 0 Å². The molecule has 1 aliphatic heterocycles. The molecule has 1 aliphatic rings. The standard InChI is InChI=1S/C45H74O10/c1-3-5-7-9-11-13-15-17-19-21-23-25-27-29-31-33-40(47)52-36-38(37-53-45-44(51)43(50)42(49)39(35-46)55-45)54-41(48)34-32-30-28-26-24-22-20-18-16-14-12-10-8-6-4-2/h5,7,9,11,13-20,38-39,42-46,49-51H,3-4,6,8,10,12,21-37H2,1-2H3/b7-5+,11-9+,15-13+,16-14+,19-17+,20-18+/t38-,39-,42+,43?,44?,45-/m0/s1. The largest absolute Gasteiger partial charge is 0.462 e. The molecule has 314 valence electrons. The lowest BCUT2D eigenvalue weighted by Crippen LogP contribution is -2.59. The fraction of sp³-hybridized carbons (Fsp3) is 0.689. The summed E-state index contributed by atoms with van der Waals surface area (Å²) in [5.74, 6) is -0.860. The van der Waals surface area contributed by atoms with Gasteiger partial charge in [-0.2, -0.15) is 0 Å². The van der Waals surface area contributed by atoms with E-state index in [9.17, 15) is 30.0 Å². The Labute approximate surface area is 332 Å². The van der Waals surface area contributed by atoms with Gasteiger partial charge in [-0.1, -0.05) is 145 Å². The first-order valence-electron chi connectivity index (χ1n) is 21.1. The van der Waals surface area contributed by atoms with Crippen molar-refractivity contribution in [3.8, 4) is 0 Å². The van der Waals surface area contributed by atoms with Gasteiger partial charge in [0.15, 0.2) is 12.4 Å². The van der Waals surface area contributed by atoms with Crippen LogP contribution in [0.25, 0.3) is 0 Å². The maximum atomic E-state index is 12.7. The number of hydrogen-bond acceptors (Lipinski definition) is 10. The van der Waals surface area contributed by atoms with Gasteiger partial charge in [-0.15, -0.1) is 0 Å². The quantitative estimate of drug-likeness (QED) is 0.0291. The molecule has 10 nitrogen and oxygen atoms in total. The Morgan fingerprint density at radius 2 is 1.07 bits per heavy atom. The van der Waals surface area contributed by atoms with Gasteiger partial charge >= 0.3 is 11.9 Å². The number of hydrogen-bond donors (Lipinski definition) is 4. The summed E-state index contributed by atoms with van der Waals surface area (Å²) in [6.45, 7) is 3.20. The van der Waals surface area contributed by atoms with Crippen molar-refractivity contribution in [3.63, 3.8) is 0 Å². The van der Waals surface area contributed by atoms with Crippen molar-refractivity contribution in [1.82, 2.24) is 0 Å². The molecule has 1 heterocycles. The highest BCUT2D eigenvalue weighted by Gasteiger charge is 2.44. The van der Waals surface area contributed by atoms with Crippen LogP contribution in [-0.4, -0.2) is 89.0 Å². The zero-order valence-corrected chi connectivity index (χ0v) is 33.9. The van der Waals surface area contributed by atoms with E-state index in [1.807, 2.05) is 30.4 Å². The highest BCUT2D eigenvalue weighted by molar-refractivity contribution is 5.70. The molecule has 0 amide bonds. The fourth-order valence-electron chi connectivity index (χ4n) is 5.83. The molecule has 0 aromatic heterocycles. The van der Waals surface area contributed by atoms with Gasteiger partial charge in [0.05, 0.1) is 13.2 Å². The Hall–Kier alpha value is -2.86. The van der Waals surface area contributed by atoms with Gasteiger partial charge in [0.2, 0.25) is 0 Å². The van der Waals surface area contributed by atoms with E-state index in [0.717, 1.165) is 77.0 Å². The van der Waals surface area contributed by atoms with Crippen LogP contribution in [0.5, 0.6) is 0 Å². The van der Waals surface area contributed by atoms with Gasteiger partial charge in [0.1, 0.15) is 31.0 Å². The third kappa shape index (κ3) is 27.4. The average molecular weight is 775 g/mol. The summed E-state index contributed by atoms with van der Waals surface area (Å²) in [5, 5.41) is 40.0. The van der Waals surface area contributed by atoms with Crippen LogP contribution in [0.1, 0.15) is 142 Å². The van der Waals surface area contributed by atoms with Crippen molar-refractivity contribution >= 4 is 11.9 Å². The molecular formula is C45H74O10. The van der Waals surface area contributed by atoms with Crippen molar-refractivity contribution in [3.05, 3.63) is 72.9 Å². The number of aliphatic hydroxyl groups is 4. The van der Waals surface area contributed by atoms with E-state index in [4.69, 9.17) is 18.9 Å². The molecule has 0 radical (unpaired) electrons.